The molecule has 0 aliphatic heterocycles. The van der Waals surface area contributed by atoms with Gasteiger partial charge in [0.05, 0.1) is 19.7 Å². The molecule has 0 amide bonds. The van der Waals surface area contributed by atoms with E-state index < -0.39 is 5.82 Å². The minimum Gasteiger partial charge on any atom is -0.469 e. The van der Waals surface area contributed by atoms with E-state index in [0.29, 0.717) is 5.56 Å². The molecule has 0 aliphatic rings. The van der Waals surface area contributed by atoms with E-state index in [-0.39, 0.29) is 17.5 Å². The summed E-state index contributed by atoms with van der Waals surface area (Å²) in [7, 11) is 1.29. The molecule has 0 N–H and O–H groups in total. The summed E-state index contributed by atoms with van der Waals surface area (Å²) < 4.78 is 17.5. The number of carbonyl (C=O) groups excluding carboxylic acids is 1. The van der Waals surface area contributed by atoms with Gasteiger partial charge in [-0.25, -0.2) is 9.37 Å². The molecule has 0 spiro atoms. The highest BCUT2D eigenvalue weighted by Crippen LogP contribution is 2.13. The number of halogens is 2. The van der Waals surface area contributed by atoms with Crippen LogP contribution in [0.15, 0.2) is 18.3 Å². The Morgan fingerprint density at radius 1 is 1.73 bits per heavy atom. The molecule has 0 saturated heterocycles. The van der Waals surface area contributed by atoms with Gasteiger partial charge in [0.25, 0.3) is 0 Å². The highest BCUT2D eigenvalue weighted by molar-refractivity contribution is 6.29. The van der Waals surface area contributed by atoms with Crippen molar-refractivity contribution in [3.63, 3.8) is 0 Å². The standard InChI is InChI=1S/C10H9ClFNO2/c1-15-10(14)4-2-3-7-5-9(11)13-6-8(7)12/h2-3,5-6H,4H2,1H3. The average Bonchev–Trinajstić information content (AvgIpc) is 2.23. The monoisotopic (exact) mass is 229 g/mol. The van der Waals surface area contributed by atoms with E-state index >= 15 is 0 Å². The second-order valence-corrected chi connectivity index (χ2v) is 3.10. The molecule has 0 fully saturated rings. The van der Waals surface area contributed by atoms with Gasteiger partial charge in [-0.2, -0.15) is 0 Å². The molecule has 1 heterocycles. The Labute approximate surface area is 91.5 Å². The largest absolute Gasteiger partial charge is 0.469 e. The van der Waals surface area contributed by atoms with Crippen LogP contribution in [0.25, 0.3) is 6.08 Å². The van der Waals surface area contributed by atoms with Gasteiger partial charge in [-0.05, 0) is 6.07 Å². The second kappa shape index (κ2) is 5.46. The summed E-state index contributed by atoms with van der Waals surface area (Å²) in [5.41, 5.74) is 0.291. The molecule has 0 aliphatic carbocycles. The van der Waals surface area contributed by atoms with Crippen molar-refractivity contribution in [2.24, 2.45) is 0 Å². The molecular weight excluding hydrogens is 221 g/mol. The number of ether oxygens (including phenoxy) is 1. The zero-order valence-electron chi connectivity index (χ0n) is 8.04. The van der Waals surface area contributed by atoms with Gasteiger partial charge in [0, 0.05) is 5.56 Å². The maximum Gasteiger partial charge on any atom is 0.309 e. The van der Waals surface area contributed by atoms with Crippen molar-refractivity contribution in [2.45, 2.75) is 6.42 Å². The summed E-state index contributed by atoms with van der Waals surface area (Å²) in [5, 5.41) is 0.203. The minimum absolute atomic E-state index is 0.0931. The smallest absolute Gasteiger partial charge is 0.309 e. The topological polar surface area (TPSA) is 39.2 Å². The highest BCUT2D eigenvalue weighted by atomic mass is 35.5. The van der Waals surface area contributed by atoms with Crippen LogP contribution in [0.5, 0.6) is 0 Å². The molecule has 0 unspecified atom stereocenters. The van der Waals surface area contributed by atoms with Gasteiger partial charge in [0.2, 0.25) is 0 Å². The summed E-state index contributed by atoms with van der Waals surface area (Å²) in [5.74, 6) is -0.868. The Morgan fingerprint density at radius 3 is 3.13 bits per heavy atom. The number of pyridine rings is 1. The van der Waals surface area contributed by atoms with Crippen molar-refractivity contribution in [2.75, 3.05) is 7.11 Å². The van der Waals surface area contributed by atoms with E-state index in [1.54, 1.807) is 0 Å². The van der Waals surface area contributed by atoms with Crippen LogP contribution in [-0.2, 0) is 9.53 Å². The highest BCUT2D eigenvalue weighted by Gasteiger charge is 2.00. The summed E-state index contributed by atoms with van der Waals surface area (Å²) in [6.07, 6.45) is 4.08. The zero-order chi connectivity index (χ0) is 11.3. The lowest BCUT2D eigenvalue weighted by atomic mass is 10.2. The third-order valence-corrected chi connectivity index (χ3v) is 1.87. The normalized spacial score (nSPS) is 10.6. The number of aromatic nitrogens is 1. The minimum atomic E-state index is -0.486. The predicted molar refractivity (Wildman–Crippen MR) is 54.9 cm³/mol. The fraction of sp³-hybridized carbons (Fsp3) is 0.200. The van der Waals surface area contributed by atoms with Gasteiger partial charge in [0.15, 0.2) is 0 Å². The summed E-state index contributed by atoms with van der Waals surface area (Å²) in [6, 6.07) is 1.38. The molecule has 3 nitrogen and oxygen atoms in total. The van der Waals surface area contributed by atoms with Crippen LogP contribution in [-0.4, -0.2) is 18.1 Å². The molecule has 1 aromatic rings. The Kier molecular flexibility index (Phi) is 4.24. The van der Waals surface area contributed by atoms with E-state index in [4.69, 9.17) is 11.6 Å². The first kappa shape index (κ1) is 11.7. The summed E-state index contributed by atoms with van der Waals surface area (Å²) >= 11 is 5.58. The van der Waals surface area contributed by atoms with Gasteiger partial charge in [-0.3, -0.25) is 4.79 Å². The number of rotatable bonds is 3. The van der Waals surface area contributed by atoms with E-state index in [1.807, 2.05) is 0 Å². The van der Waals surface area contributed by atoms with Gasteiger partial charge < -0.3 is 4.74 Å². The van der Waals surface area contributed by atoms with E-state index in [0.717, 1.165) is 6.20 Å². The third-order valence-electron chi connectivity index (χ3n) is 1.66. The third kappa shape index (κ3) is 3.67. The quantitative estimate of drug-likeness (QED) is 0.590. The fourth-order valence-electron chi connectivity index (χ4n) is 0.921. The van der Waals surface area contributed by atoms with Crippen LogP contribution >= 0.6 is 11.6 Å². The Morgan fingerprint density at radius 2 is 2.47 bits per heavy atom. The number of hydrogen-bond donors (Lipinski definition) is 0. The molecule has 15 heavy (non-hydrogen) atoms. The first-order valence-corrected chi connectivity index (χ1v) is 4.55. The van der Waals surface area contributed by atoms with Crippen LogP contribution in [0.1, 0.15) is 12.0 Å². The number of hydrogen-bond acceptors (Lipinski definition) is 3. The molecule has 1 rings (SSSR count). The predicted octanol–water partition coefficient (Wildman–Crippen LogP) is 2.45. The van der Waals surface area contributed by atoms with Crippen LogP contribution in [0.2, 0.25) is 5.15 Å². The van der Waals surface area contributed by atoms with E-state index in [2.05, 4.69) is 9.72 Å². The van der Waals surface area contributed by atoms with E-state index in [9.17, 15) is 9.18 Å². The van der Waals surface area contributed by atoms with Gasteiger partial charge >= 0.3 is 5.97 Å². The van der Waals surface area contributed by atoms with Crippen molar-refractivity contribution in [1.29, 1.82) is 0 Å². The van der Waals surface area contributed by atoms with Crippen molar-refractivity contribution in [3.8, 4) is 0 Å². The molecule has 0 radical (unpaired) electrons. The summed E-state index contributed by atoms with van der Waals surface area (Å²) in [4.78, 5) is 14.3. The Bertz CT molecular complexity index is 393. The molecule has 0 saturated carbocycles. The lowest BCUT2D eigenvalue weighted by molar-refractivity contribution is -0.139. The van der Waals surface area contributed by atoms with E-state index in [1.165, 1.54) is 25.3 Å². The molecule has 0 atom stereocenters. The van der Waals surface area contributed by atoms with Crippen LogP contribution < -0.4 is 0 Å². The maximum absolute atomic E-state index is 13.1. The average molecular weight is 230 g/mol. The Balaban J connectivity index is 2.71. The molecule has 80 valence electrons. The lowest BCUT2D eigenvalue weighted by Gasteiger charge is -1.96. The number of esters is 1. The summed E-state index contributed by atoms with van der Waals surface area (Å²) in [6.45, 7) is 0. The fourth-order valence-corrected chi connectivity index (χ4v) is 1.09. The number of nitrogens with zero attached hydrogens (tertiary/aromatic N) is 1. The van der Waals surface area contributed by atoms with Crippen LogP contribution in [0.3, 0.4) is 0 Å². The van der Waals surface area contributed by atoms with Crippen molar-refractivity contribution >= 4 is 23.6 Å². The lowest BCUT2D eigenvalue weighted by Crippen LogP contribution is -1.96. The number of carbonyl (C=O) groups is 1. The molecule has 5 heteroatoms. The molecular formula is C10H9ClFNO2. The maximum atomic E-state index is 13.1. The van der Waals surface area contributed by atoms with Gasteiger partial charge in [-0.1, -0.05) is 23.8 Å². The van der Waals surface area contributed by atoms with Crippen LogP contribution in [0.4, 0.5) is 4.39 Å². The SMILES string of the molecule is COC(=O)CC=Cc1cc(Cl)ncc1F. The first-order valence-electron chi connectivity index (χ1n) is 4.18. The van der Waals surface area contributed by atoms with Crippen LogP contribution in [0, 0.1) is 5.82 Å². The van der Waals surface area contributed by atoms with Gasteiger partial charge in [-0.15, -0.1) is 0 Å². The number of methoxy groups -OCH3 is 1. The molecule has 0 bridgehead atoms. The van der Waals surface area contributed by atoms with Crippen molar-refractivity contribution < 1.29 is 13.9 Å². The second-order valence-electron chi connectivity index (χ2n) is 2.71. The first-order chi connectivity index (χ1) is 7.13. The van der Waals surface area contributed by atoms with Crippen molar-refractivity contribution in [1.82, 2.24) is 4.98 Å². The zero-order valence-corrected chi connectivity index (χ0v) is 8.79. The molecule has 1 aromatic heterocycles. The Hall–Kier alpha value is -1.42. The van der Waals surface area contributed by atoms with Crippen molar-refractivity contribution in [3.05, 3.63) is 34.9 Å². The van der Waals surface area contributed by atoms with Gasteiger partial charge in [0.1, 0.15) is 11.0 Å². The molecule has 0 aromatic carbocycles.